The highest BCUT2D eigenvalue weighted by Gasteiger charge is 2.06. The fourth-order valence-electron chi connectivity index (χ4n) is 2.85. The Morgan fingerprint density at radius 3 is 2.05 bits per heavy atom. The van der Waals surface area contributed by atoms with Gasteiger partial charge in [0.1, 0.15) is 5.82 Å². The second-order valence-corrected chi connectivity index (χ2v) is 5.32. The molecule has 0 amide bonds. The number of rotatable bonds is 2. The molecular weight excluding hydrogens is 273 g/mol. The summed E-state index contributed by atoms with van der Waals surface area (Å²) in [4.78, 5) is 0. The minimum Gasteiger partial charge on any atom is -0.355 e. The van der Waals surface area contributed by atoms with Gasteiger partial charge in [0, 0.05) is 16.8 Å². The van der Waals surface area contributed by atoms with Gasteiger partial charge in [0.2, 0.25) is 0 Å². The van der Waals surface area contributed by atoms with Gasteiger partial charge in [-0.05, 0) is 46.5 Å². The van der Waals surface area contributed by atoms with Crippen molar-refractivity contribution in [3.8, 4) is 0 Å². The van der Waals surface area contributed by atoms with E-state index in [0.717, 1.165) is 16.8 Å². The van der Waals surface area contributed by atoms with Gasteiger partial charge >= 0.3 is 0 Å². The van der Waals surface area contributed by atoms with Crippen LogP contribution in [-0.2, 0) is 0 Å². The van der Waals surface area contributed by atoms with E-state index in [4.69, 9.17) is 0 Å². The molecular formula is C20H14FN. The van der Waals surface area contributed by atoms with Crippen LogP contribution in [-0.4, -0.2) is 0 Å². The monoisotopic (exact) mass is 287 g/mol. The third kappa shape index (κ3) is 2.19. The Morgan fingerprint density at radius 2 is 1.27 bits per heavy atom. The van der Waals surface area contributed by atoms with E-state index in [1.807, 2.05) is 12.1 Å². The molecule has 4 aromatic carbocycles. The molecule has 0 aliphatic carbocycles. The fraction of sp³-hybridized carbons (Fsp3) is 0. The third-order valence-corrected chi connectivity index (χ3v) is 3.89. The van der Waals surface area contributed by atoms with Crippen LogP contribution in [0.3, 0.4) is 0 Å². The SMILES string of the molecule is Fc1ccc(Nc2cc3ccccc3c3ccccc23)cc1. The molecule has 0 saturated carbocycles. The molecule has 0 spiro atoms. The van der Waals surface area contributed by atoms with E-state index in [-0.39, 0.29) is 5.82 Å². The van der Waals surface area contributed by atoms with Crippen molar-refractivity contribution in [2.24, 2.45) is 0 Å². The van der Waals surface area contributed by atoms with Gasteiger partial charge in [-0.2, -0.15) is 0 Å². The molecule has 0 unspecified atom stereocenters. The highest BCUT2D eigenvalue weighted by atomic mass is 19.1. The van der Waals surface area contributed by atoms with Crippen LogP contribution < -0.4 is 5.32 Å². The lowest BCUT2D eigenvalue weighted by atomic mass is 10.00. The Morgan fingerprint density at radius 1 is 0.636 bits per heavy atom. The molecule has 0 aliphatic heterocycles. The Hall–Kier alpha value is -2.87. The molecule has 0 aromatic heterocycles. The first-order valence-corrected chi connectivity index (χ1v) is 7.24. The Bertz CT molecular complexity index is 958. The molecule has 1 N–H and O–H groups in total. The van der Waals surface area contributed by atoms with Gasteiger partial charge < -0.3 is 5.32 Å². The Labute approximate surface area is 128 Å². The maximum Gasteiger partial charge on any atom is 0.123 e. The van der Waals surface area contributed by atoms with Gasteiger partial charge in [-0.25, -0.2) is 4.39 Å². The van der Waals surface area contributed by atoms with E-state index in [1.165, 1.54) is 28.3 Å². The van der Waals surface area contributed by atoms with Crippen LogP contribution >= 0.6 is 0 Å². The van der Waals surface area contributed by atoms with E-state index < -0.39 is 0 Å². The Balaban J connectivity index is 1.93. The van der Waals surface area contributed by atoms with Crippen molar-refractivity contribution in [3.63, 3.8) is 0 Å². The zero-order chi connectivity index (χ0) is 14.9. The number of nitrogens with one attached hydrogen (secondary N) is 1. The van der Waals surface area contributed by atoms with E-state index in [2.05, 4.69) is 47.8 Å². The molecule has 0 radical (unpaired) electrons. The standard InChI is InChI=1S/C20H14FN/c21-15-9-11-16(12-10-15)22-20-13-14-5-1-2-6-17(14)18-7-3-4-8-19(18)20/h1-13,22H. The third-order valence-electron chi connectivity index (χ3n) is 3.89. The summed E-state index contributed by atoms with van der Waals surface area (Å²) in [5.41, 5.74) is 1.91. The van der Waals surface area contributed by atoms with Gasteiger partial charge in [0.25, 0.3) is 0 Å². The molecule has 22 heavy (non-hydrogen) atoms. The first kappa shape index (κ1) is 12.8. The number of halogens is 1. The molecule has 0 atom stereocenters. The fourth-order valence-corrected chi connectivity index (χ4v) is 2.85. The van der Waals surface area contributed by atoms with Crippen molar-refractivity contribution in [1.29, 1.82) is 0 Å². The van der Waals surface area contributed by atoms with Crippen LogP contribution in [0.1, 0.15) is 0 Å². The van der Waals surface area contributed by atoms with E-state index >= 15 is 0 Å². The van der Waals surface area contributed by atoms with Crippen molar-refractivity contribution in [1.82, 2.24) is 0 Å². The minimum atomic E-state index is -0.228. The van der Waals surface area contributed by atoms with Crippen molar-refractivity contribution in [3.05, 3.63) is 84.7 Å². The summed E-state index contributed by atoms with van der Waals surface area (Å²) in [6.07, 6.45) is 0. The predicted molar refractivity (Wildman–Crippen MR) is 91.1 cm³/mol. The average Bonchev–Trinajstić information content (AvgIpc) is 2.57. The molecule has 4 rings (SSSR count). The first-order chi connectivity index (χ1) is 10.8. The van der Waals surface area contributed by atoms with Crippen molar-refractivity contribution in [2.75, 3.05) is 5.32 Å². The summed E-state index contributed by atoms with van der Waals surface area (Å²) in [5, 5.41) is 8.20. The van der Waals surface area contributed by atoms with E-state index in [9.17, 15) is 4.39 Å². The number of hydrogen-bond donors (Lipinski definition) is 1. The molecule has 0 bridgehead atoms. The number of anilines is 2. The van der Waals surface area contributed by atoms with Crippen molar-refractivity contribution >= 4 is 32.9 Å². The average molecular weight is 287 g/mol. The molecule has 4 aromatic rings. The molecule has 1 nitrogen and oxygen atoms in total. The topological polar surface area (TPSA) is 12.0 Å². The molecule has 0 fully saturated rings. The molecule has 0 saturated heterocycles. The first-order valence-electron chi connectivity index (χ1n) is 7.24. The maximum absolute atomic E-state index is 13.1. The molecule has 2 heteroatoms. The minimum absolute atomic E-state index is 0.228. The van der Waals surface area contributed by atoms with E-state index in [0.29, 0.717) is 0 Å². The van der Waals surface area contributed by atoms with Crippen LogP contribution in [0.4, 0.5) is 15.8 Å². The summed E-state index contributed by atoms with van der Waals surface area (Å²) in [5.74, 6) is -0.228. The predicted octanol–water partition coefficient (Wildman–Crippen LogP) is 5.88. The van der Waals surface area contributed by atoms with Crippen LogP contribution in [0.25, 0.3) is 21.5 Å². The van der Waals surface area contributed by atoms with Crippen LogP contribution in [0.2, 0.25) is 0 Å². The highest BCUT2D eigenvalue weighted by molar-refractivity contribution is 6.13. The van der Waals surface area contributed by atoms with Gasteiger partial charge in [-0.3, -0.25) is 0 Å². The largest absolute Gasteiger partial charge is 0.355 e. The quantitative estimate of drug-likeness (QED) is 0.454. The Kier molecular flexibility index (Phi) is 3.01. The van der Waals surface area contributed by atoms with Crippen LogP contribution in [0.5, 0.6) is 0 Å². The smallest absolute Gasteiger partial charge is 0.123 e. The second-order valence-electron chi connectivity index (χ2n) is 5.32. The van der Waals surface area contributed by atoms with Gasteiger partial charge in [0.15, 0.2) is 0 Å². The number of hydrogen-bond acceptors (Lipinski definition) is 1. The second kappa shape index (κ2) is 5.15. The summed E-state index contributed by atoms with van der Waals surface area (Å²) in [6, 6.07) is 25.2. The zero-order valence-corrected chi connectivity index (χ0v) is 11.9. The lowest BCUT2D eigenvalue weighted by Gasteiger charge is -2.12. The summed E-state index contributed by atoms with van der Waals surface area (Å²) >= 11 is 0. The number of benzene rings is 4. The normalized spacial score (nSPS) is 11.0. The molecule has 0 aliphatic rings. The highest BCUT2D eigenvalue weighted by Crippen LogP contribution is 2.33. The van der Waals surface area contributed by atoms with E-state index in [1.54, 1.807) is 12.1 Å². The maximum atomic E-state index is 13.1. The molecule has 0 heterocycles. The number of fused-ring (bicyclic) bond motifs is 3. The summed E-state index contributed by atoms with van der Waals surface area (Å²) in [7, 11) is 0. The van der Waals surface area contributed by atoms with Gasteiger partial charge in [-0.1, -0.05) is 48.5 Å². The van der Waals surface area contributed by atoms with Gasteiger partial charge in [-0.15, -0.1) is 0 Å². The lowest BCUT2D eigenvalue weighted by molar-refractivity contribution is 0.628. The summed E-state index contributed by atoms with van der Waals surface area (Å²) in [6.45, 7) is 0. The lowest BCUT2D eigenvalue weighted by Crippen LogP contribution is -1.92. The van der Waals surface area contributed by atoms with Crippen LogP contribution in [0, 0.1) is 5.82 Å². The zero-order valence-electron chi connectivity index (χ0n) is 11.9. The van der Waals surface area contributed by atoms with Crippen LogP contribution in [0.15, 0.2) is 78.9 Å². The van der Waals surface area contributed by atoms with Crippen molar-refractivity contribution in [2.45, 2.75) is 0 Å². The van der Waals surface area contributed by atoms with Crippen molar-refractivity contribution < 1.29 is 4.39 Å². The van der Waals surface area contributed by atoms with Gasteiger partial charge in [0.05, 0.1) is 0 Å². The summed E-state index contributed by atoms with van der Waals surface area (Å²) < 4.78 is 13.1. The molecule has 106 valence electrons.